The van der Waals surface area contributed by atoms with Crippen LogP contribution in [-0.4, -0.2) is 25.5 Å². The van der Waals surface area contributed by atoms with E-state index < -0.39 is 10.0 Å². The molecule has 0 saturated carbocycles. The molecular weight excluding hydrogens is 340 g/mol. The summed E-state index contributed by atoms with van der Waals surface area (Å²) >= 11 is 0. The van der Waals surface area contributed by atoms with Crippen LogP contribution in [0.5, 0.6) is 5.75 Å². The zero-order valence-electron chi connectivity index (χ0n) is 13.4. The summed E-state index contributed by atoms with van der Waals surface area (Å²) in [5.41, 5.74) is 1.79. The topological polar surface area (TPSA) is 107 Å². The molecule has 25 heavy (non-hydrogen) atoms. The smallest absolute Gasteiger partial charge is 0.240 e. The van der Waals surface area contributed by atoms with Crippen molar-refractivity contribution in [2.75, 3.05) is 12.4 Å². The summed E-state index contributed by atoms with van der Waals surface area (Å²) in [6.07, 6.45) is 1.39. The normalized spacial score (nSPS) is 11.1. The number of aromatic nitrogens is 2. The first-order chi connectivity index (χ1) is 12.0. The van der Waals surface area contributed by atoms with Crippen molar-refractivity contribution >= 4 is 21.5 Å². The lowest BCUT2D eigenvalue weighted by Gasteiger charge is -2.11. The predicted molar refractivity (Wildman–Crippen MR) is 95.1 cm³/mol. The van der Waals surface area contributed by atoms with Crippen LogP contribution in [0.1, 0.15) is 0 Å². The summed E-state index contributed by atoms with van der Waals surface area (Å²) < 4.78 is 28.8. The van der Waals surface area contributed by atoms with Gasteiger partial charge in [-0.25, -0.2) is 23.5 Å². The number of anilines is 2. The Kier molecular flexibility index (Phi) is 4.64. The molecule has 0 aliphatic rings. The fourth-order valence-electron chi connectivity index (χ4n) is 2.39. The lowest BCUT2D eigenvalue weighted by atomic mass is 10.1. The maximum absolute atomic E-state index is 11.7. The molecule has 0 radical (unpaired) electrons. The van der Waals surface area contributed by atoms with Crippen molar-refractivity contribution in [1.29, 1.82) is 0 Å². The molecule has 3 aromatic rings. The Bertz CT molecular complexity index is 1010. The minimum absolute atomic E-state index is 0.00699. The molecule has 2 aromatic carbocycles. The second kappa shape index (κ2) is 6.88. The summed E-state index contributed by atoms with van der Waals surface area (Å²) in [6, 6.07) is 15.5. The number of ether oxygens (including phenoxy) is 1. The SMILES string of the molecule is COc1ccccc1-c1cc(Nc2ccccc2S(N)(=O)=O)ncn1. The van der Waals surface area contributed by atoms with Gasteiger partial charge >= 0.3 is 0 Å². The molecule has 1 heterocycles. The number of sulfonamides is 1. The van der Waals surface area contributed by atoms with Gasteiger partial charge in [0.1, 0.15) is 22.8 Å². The number of methoxy groups -OCH3 is 1. The van der Waals surface area contributed by atoms with E-state index in [4.69, 9.17) is 9.88 Å². The van der Waals surface area contributed by atoms with Crippen LogP contribution in [0, 0.1) is 0 Å². The maximum atomic E-state index is 11.7. The second-order valence-electron chi connectivity index (χ2n) is 5.15. The first-order valence-corrected chi connectivity index (χ1v) is 8.88. The molecule has 0 aliphatic carbocycles. The number of nitrogens with one attached hydrogen (secondary N) is 1. The van der Waals surface area contributed by atoms with Crippen molar-refractivity contribution in [2.45, 2.75) is 4.90 Å². The van der Waals surface area contributed by atoms with Crippen molar-refractivity contribution < 1.29 is 13.2 Å². The highest BCUT2D eigenvalue weighted by Gasteiger charge is 2.14. The van der Waals surface area contributed by atoms with Gasteiger partial charge in [0.05, 0.1) is 18.5 Å². The minimum atomic E-state index is -3.85. The highest BCUT2D eigenvalue weighted by atomic mass is 32.2. The van der Waals surface area contributed by atoms with Crippen molar-refractivity contribution in [1.82, 2.24) is 9.97 Å². The second-order valence-corrected chi connectivity index (χ2v) is 6.68. The zero-order chi connectivity index (χ0) is 17.9. The number of nitrogens with zero attached hydrogens (tertiary/aromatic N) is 2. The quantitative estimate of drug-likeness (QED) is 0.727. The number of rotatable bonds is 5. The van der Waals surface area contributed by atoms with Crippen molar-refractivity contribution in [2.24, 2.45) is 5.14 Å². The maximum Gasteiger partial charge on any atom is 0.240 e. The average Bonchev–Trinajstić information content (AvgIpc) is 2.61. The van der Waals surface area contributed by atoms with Gasteiger partial charge in [0.15, 0.2) is 0 Å². The standard InChI is InChI=1S/C17H16N4O3S/c1-24-15-8-4-2-6-12(15)14-10-17(20-11-19-14)21-13-7-3-5-9-16(13)25(18,22)23/h2-11H,1H3,(H2,18,22,23)(H,19,20,21). The third-order valence-corrected chi connectivity index (χ3v) is 4.48. The van der Waals surface area contributed by atoms with Gasteiger partial charge in [-0.1, -0.05) is 24.3 Å². The Balaban J connectivity index is 1.99. The van der Waals surface area contributed by atoms with E-state index in [0.717, 1.165) is 5.56 Å². The first kappa shape index (κ1) is 16.9. The molecule has 0 atom stereocenters. The largest absolute Gasteiger partial charge is 0.496 e. The van der Waals surface area contributed by atoms with Gasteiger partial charge in [0.2, 0.25) is 10.0 Å². The Labute approximate surface area is 145 Å². The molecule has 0 unspecified atom stereocenters. The van der Waals surface area contributed by atoms with Gasteiger partial charge in [0, 0.05) is 11.6 Å². The van der Waals surface area contributed by atoms with Gasteiger partial charge < -0.3 is 10.1 Å². The molecule has 8 heteroatoms. The first-order valence-electron chi connectivity index (χ1n) is 7.33. The molecule has 3 N–H and O–H groups in total. The molecule has 7 nitrogen and oxygen atoms in total. The highest BCUT2D eigenvalue weighted by Crippen LogP contribution is 2.30. The Hall–Kier alpha value is -2.97. The van der Waals surface area contributed by atoms with Gasteiger partial charge in [-0.3, -0.25) is 0 Å². The fourth-order valence-corrected chi connectivity index (χ4v) is 3.08. The molecule has 0 spiro atoms. The van der Waals surface area contributed by atoms with Crippen LogP contribution in [0.2, 0.25) is 0 Å². The van der Waals surface area contributed by atoms with Crippen molar-refractivity contribution in [3.63, 3.8) is 0 Å². The van der Waals surface area contributed by atoms with Crippen LogP contribution in [0.25, 0.3) is 11.3 Å². The Morgan fingerprint density at radius 1 is 1.04 bits per heavy atom. The number of benzene rings is 2. The molecule has 3 rings (SSSR count). The van der Waals surface area contributed by atoms with Gasteiger partial charge in [-0.15, -0.1) is 0 Å². The third-order valence-electron chi connectivity index (χ3n) is 3.51. The number of primary sulfonamides is 1. The van der Waals surface area contributed by atoms with E-state index >= 15 is 0 Å². The van der Waals surface area contributed by atoms with E-state index in [-0.39, 0.29) is 4.90 Å². The monoisotopic (exact) mass is 356 g/mol. The van der Waals surface area contributed by atoms with E-state index in [1.165, 1.54) is 12.4 Å². The van der Waals surface area contributed by atoms with Crippen LogP contribution in [0.15, 0.2) is 65.8 Å². The molecule has 0 saturated heterocycles. The van der Waals surface area contributed by atoms with Crippen LogP contribution < -0.4 is 15.2 Å². The summed E-state index contributed by atoms with van der Waals surface area (Å²) in [5, 5.41) is 8.23. The summed E-state index contributed by atoms with van der Waals surface area (Å²) in [4.78, 5) is 8.39. The van der Waals surface area contributed by atoms with E-state index in [2.05, 4.69) is 15.3 Å². The third kappa shape index (κ3) is 3.76. The van der Waals surface area contributed by atoms with E-state index in [1.807, 2.05) is 24.3 Å². The van der Waals surface area contributed by atoms with Crippen molar-refractivity contribution in [3.8, 4) is 17.0 Å². The molecule has 0 fully saturated rings. The van der Waals surface area contributed by atoms with Gasteiger partial charge in [0.25, 0.3) is 0 Å². The molecule has 128 valence electrons. The van der Waals surface area contributed by atoms with Crippen LogP contribution >= 0.6 is 0 Å². The van der Waals surface area contributed by atoms with E-state index in [0.29, 0.717) is 22.9 Å². The Morgan fingerprint density at radius 3 is 2.52 bits per heavy atom. The number of hydrogen-bond acceptors (Lipinski definition) is 6. The van der Waals surface area contributed by atoms with Gasteiger partial charge in [-0.05, 0) is 24.3 Å². The van der Waals surface area contributed by atoms with Crippen LogP contribution in [-0.2, 0) is 10.0 Å². The molecular formula is C17H16N4O3S. The lowest BCUT2D eigenvalue weighted by Crippen LogP contribution is -2.14. The molecule has 0 amide bonds. The number of hydrogen-bond donors (Lipinski definition) is 2. The lowest BCUT2D eigenvalue weighted by molar-refractivity contribution is 0.416. The fraction of sp³-hybridized carbons (Fsp3) is 0.0588. The van der Waals surface area contributed by atoms with E-state index in [9.17, 15) is 8.42 Å². The highest BCUT2D eigenvalue weighted by molar-refractivity contribution is 7.89. The zero-order valence-corrected chi connectivity index (χ0v) is 14.2. The molecule has 0 aliphatic heterocycles. The summed E-state index contributed by atoms with van der Waals surface area (Å²) in [7, 11) is -2.27. The number of nitrogens with two attached hydrogens (primary N) is 1. The molecule has 0 bridgehead atoms. The molecule has 1 aromatic heterocycles. The predicted octanol–water partition coefficient (Wildman–Crippen LogP) is 2.54. The van der Waals surface area contributed by atoms with E-state index in [1.54, 1.807) is 31.4 Å². The Morgan fingerprint density at radius 2 is 1.76 bits per heavy atom. The summed E-state index contributed by atoms with van der Waals surface area (Å²) in [5.74, 6) is 1.11. The average molecular weight is 356 g/mol. The number of para-hydroxylation sites is 2. The van der Waals surface area contributed by atoms with Crippen LogP contribution in [0.4, 0.5) is 11.5 Å². The van der Waals surface area contributed by atoms with Crippen LogP contribution in [0.3, 0.4) is 0 Å². The van der Waals surface area contributed by atoms with Gasteiger partial charge in [-0.2, -0.15) is 0 Å². The minimum Gasteiger partial charge on any atom is -0.496 e. The summed E-state index contributed by atoms with van der Waals surface area (Å²) in [6.45, 7) is 0. The van der Waals surface area contributed by atoms with Crippen molar-refractivity contribution in [3.05, 3.63) is 60.9 Å².